The first-order chi connectivity index (χ1) is 17.8. The van der Waals surface area contributed by atoms with E-state index in [0.717, 1.165) is 41.1 Å². The fourth-order valence-corrected chi connectivity index (χ4v) is 5.32. The summed E-state index contributed by atoms with van der Waals surface area (Å²) in [7, 11) is 1.64. The van der Waals surface area contributed by atoms with Gasteiger partial charge in [0.25, 0.3) is 0 Å². The number of hydrogen-bond donors (Lipinski definition) is 3. The maximum Gasteiger partial charge on any atom is 0.249 e. The van der Waals surface area contributed by atoms with Gasteiger partial charge >= 0.3 is 0 Å². The van der Waals surface area contributed by atoms with Gasteiger partial charge in [-0.3, -0.25) is 15.0 Å². The first-order valence-electron chi connectivity index (χ1n) is 12.6. The predicted octanol–water partition coefficient (Wildman–Crippen LogP) is 4.85. The van der Waals surface area contributed by atoms with Crippen molar-refractivity contribution in [3.8, 4) is 5.75 Å². The monoisotopic (exact) mass is 512 g/mol. The highest BCUT2D eigenvalue weighted by atomic mass is 19.1. The second-order valence-electron chi connectivity index (χ2n) is 9.80. The molecule has 0 bridgehead atoms. The van der Waals surface area contributed by atoms with Gasteiger partial charge in [0.2, 0.25) is 5.91 Å². The summed E-state index contributed by atoms with van der Waals surface area (Å²) in [5.41, 5.74) is 4.87. The molecule has 2 heterocycles. The van der Waals surface area contributed by atoms with Crippen LogP contribution in [-0.4, -0.2) is 54.3 Å². The Kier molecular flexibility index (Phi) is 8.56. The molecule has 3 aromatic rings. The lowest BCUT2D eigenvalue weighted by Gasteiger charge is -2.40. The molecule has 0 spiro atoms. The Labute approximate surface area is 215 Å². The minimum absolute atomic E-state index is 0.335. The highest BCUT2D eigenvalue weighted by molar-refractivity contribution is 5.84. The number of amides is 1. The third kappa shape index (κ3) is 6.34. The Hall–Kier alpha value is -3.30. The molecule has 0 radical (unpaired) electrons. The van der Waals surface area contributed by atoms with Crippen molar-refractivity contribution in [1.82, 2.24) is 15.4 Å². The number of likely N-dealkylation sites (tertiary alicyclic amines) is 1. The molecule has 0 unspecified atom stereocenters. The molecule has 1 saturated heterocycles. The summed E-state index contributed by atoms with van der Waals surface area (Å²) in [6, 6.07) is 9.23. The first-order valence-corrected chi connectivity index (χ1v) is 12.6. The van der Waals surface area contributed by atoms with E-state index in [9.17, 15) is 18.8 Å². The summed E-state index contributed by atoms with van der Waals surface area (Å²) in [4.78, 5) is 19.5. The molecule has 1 aliphatic heterocycles. The van der Waals surface area contributed by atoms with Gasteiger partial charge in [-0.05, 0) is 93.6 Å². The van der Waals surface area contributed by atoms with Gasteiger partial charge in [0.15, 0.2) is 0 Å². The number of anilines is 1. The van der Waals surface area contributed by atoms with Crippen LogP contribution in [0.25, 0.3) is 10.9 Å². The number of nitrogens with one attached hydrogen (secondary N) is 2. The van der Waals surface area contributed by atoms with Gasteiger partial charge in [0, 0.05) is 36.4 Å². The SMILES string of the molecule is COc1ccc2ncc(C)c(CCCC3(C(=O)NO)CCN(CCNc4cc(F)cc(F)c4)CC3)c2c1. The lowest BCUT2D eigenvalue weighted by Crippen LogP contribution is -2.49. The number of aromatic nitrogens is 1. The average molecular weight is 513 g/mol. The normalized spacial score (nSPS) is 15.5. The summed E-state index contributed by atoms with van der Waals surface area (Å²) < 4.78 is 32.2. The van der Waals surface area contributed by atoms with Gasteiger partial charge in [0.05, 0.1) is 18.0 Å². The van der Waals surface area contributed by atoms with Gasteiger partial charge in [-0.15, -0.1) is 0 Å². The zero-order valence-electron chi connectivity index (χ0n) is 21.3. The van der Waals surface area contributed by atoms with E-state index in [1.807, 2.05) is 36.8 Å². The molecule has 1 fully saturated rings. The summed E-state index contributed by atoms with van der Waals surface area (Å²) in [6.07, 6.45) is 5.36. The molecule has 0 saturated carbocycles. The van der Waals surface area contributed by atoms with Gasteiger partial charge in [-0.1, -0.05) is 0 Å². The van der Waals surface area contributed by atoms with E-state index in [0.29, 0.717) is 51.1 Å². The number of rotatable bonds is 10. The van der Waals surface area contributed by atoms with Crippen molar-refractivity contribution in [3.63, 3.8) is 0 Å². The second-order valence-corrected chi connectivity index (χ2v) is 9.80. The Morgan fingerprint density at radius 1 is 1.16 bits per heavy atom. The average Bonchev–Trinajstić information content (AvgIpc) is 2.89. The van der Waals surface area contributed by atoms with Crippen molar-refractivity contribution in [1.29, 1.82) is 0 Å². The minimum atomic E-state index is -0.640. The predicted molar refractivity (Wildman–Crippen MR) is 139 cm³/mol. The molecular formula is C28H34F2N4O3. The molecule has 1 aliphatic rings. The number of nitrogens with zero attached hydrogens (tertiary/aromatic N) is 2. The largest absolute Gasteiger partial charge is 0.497 e. The van der Waals surface area contributed by atoms with Crippen LogP contribution in [0.1, 0.15) is 36.8 Å². The fraction of sp³-hybridized carbons (Fsp3) is 0.429. The molecule has 1 aromatic heterocycles. The van der Waals surface area contributed by atoms with Gasteiger partial charge in [-0.2, -0.15) is 0 Å². The second kappa shape index (κ2) is 11.8. The fourth-order valence-electron chi connectivity index (χ4n) is 5.32. The van der Waals surface area contributed by atoms with E-state index >= 15 is 0 Å². The molecule has 4 rings (SSSR count). The molecule has 2 aromatic carbocycles. The van der Waals surface area contributed by atoms with Crippen LogP contribution in [0, 0.1) is 24.0 Å². The number of halogens is 2. The molecular weight excluding hydrogens is 478 g/mol. The van der Waals surface area contributed by atoms with E-state index < -0.39 is 17.0 Å². The lowest BCUT2D eigenvalue weighted by atomic mass is 9.73. The number of ether oxygens (including phenoxy) is 1. The van der Waals surface area contributed by atoms with E-state index in [4.69, 9.17) is 4.74 Å². The summed E-state index contributed by atoms with van der Waals surface area (Å²) in [5.74, 6) is -0.788. The number of fused-ring (bicyclic) bond motifs is 1. The maximum absolute atomic E-state index is 13.4. The van der Waals surface area contributed by atoms with Crippen molar-refractivity contribution < 1.29 is 23.5 Å². The van der Waals surface area contributed by atoms with E-state index in [-0.39, 0.29) is 5.91 Å². The number of carbonyl (C=O) groups excluding carboxylic acids is 1. The zero-order chi connectivity index (χ0) is 26.4. The Morgan fingerprint density at radius 2 is 1.89 bits per heavy atom. The molecule has 198 valence electrons. The molecule has 0 atom stereocenters. The molecule has 3 N–H and O–H groups in total. The third-order valence-electron chi connectivity index (χ3n) is 7.50. The van der Waals surface area contributed by atoms with Crippen LogP contribution < -0.4 is 15.5 Å². The number of hydroxylamine groups is 1. The minimum Gasteiger partial charge on any atom is -0.497 e. The topological polar surface area (TPSA) is 86.7 Å². The van der Waals surface area contributed by atoms with E-state index in [1.54, 1.807) is 7.11 Å². The molecule has 0 aliphatic carbocycles. The number of pyridine rings is 1. The van der Waals surface area contributed by atoms with Crippen LogP contribution in [0.15, 0.2) is 42.6 Å². The van der Waals surface area contributed by atoms with Crippen LogP contribution >= 0.6 is 0 Å². The summed E-state index contributed by atoms with van der Waals surface area (Å²) in [5, 5.41) is 13.6. The summed E-state index contributed by atoms with van der Waals surface area (Å²) >= 11 is 0. The molecule has 37 heavy (non-hydrogen) atoms. The Bertz CT molecular complexity index is 1230. The number of carbonyl (C=O) groups is 1. The Balaban J connectivity index is 1.35. The number of piperidine rings is 1. The standard InChI is InChI=1S/C28H34F2N4O3/c1-19-18-32-26-6-5-23(37-2)17-25(26)24(19)4-3-7-28(27(35)33-36)8-11-34(12-9-28)13-10-31-22-15-20(29)14-21(30)16-22/h5-6,14-18,31,36H,3-4,7-13H2,1-2H3,(H,33,35). The van der Waals surface area contributed by atoms with Crippen molar-refractivity contribution in [2.45, 2.75) is 39.0 Å². The van der Waals surface area contributed by atoms with Gasteiger partial charge < -0.3 is 15.0 Å². The van der Waals surface area contributed by atoms with E-state index in [1.165, 1.54) is 17.7 Å². The highest BCUT2D eigenvalue weighted by Gasteiger charge is 2.40. The third-order valence-corrected chi connectivity index (χ3v) is 7.50. The van der Waals surface area contributed by atoms with Crippen LogP contribution in [0.5, 0.6) is 5.75 Å². The zero-order valence-corrected chi connectivity index (χ0v) is 21.3. The molecule has 1 amide bonds. The highest BCUT2D eigenvalue weighted by Crippen LogP contribution is 2.37. The van der Waals surface area contributed by atoms with Crippen molar-refractivity contribution in [2.75, 3.05) is 38.6 Å². The van der Waals surface area contributed by atoms with Gasteiger partial charge in [0.1, 0.15) is 17.4 Å². The van der Waals surface area contributed by atoms with Crippen molar-refractivity contribution >= 4 is 22.5 Å². The number of methoxy groups -OCH3 is 1. The summed E-state index contributed by atoms with van der Waals surface area (Å²) in [6.45, 7) is 4.64. The molecule has 7 nitrogen and oxygen atoms in total. The van der Waals surface area contributed by atoms with Crippen molar-refractivity contribution in [2.24, 2.45) is 5.41 Å². The van der Waals surface area contributed by atoms with Crippen LogP contribution in [-0.2, 0) is 11.2 Å². The van der Waals surface area contributed by atoms with Gasteiger partial charge in [-0.25, -0.2) is 14.3 Å². The molecule has 9 heteroatoms. The number of hydrogen-bond acceptors (Lipinski definition) is 6. The lowest BCUT2D eigenvalue weighted by molar-refractivity contribution is -0.143. The van der Waals surface area contributed by atoms with Crippen LogP contribution in [0.4, 0.5) is 14.5 Å². The van der Waals surface area contributed by atoms with Crippen LogP contribution in [0.3, 0.4) is 0 Å². The maximum atomic E-state index is 13.4. The van der Waals surface area contributed by atoms with Crippen molar-refractivity contribution in [3.05, 3.63) is 65.4 Å². The number of aryl methyl sites for hydroxylation is 2. The quantitative estimate of drug-likeness (QED) is 0.266. The number of benzene rings is 2. The van der Waals surface area contributed by atoms with E-state index in [2.05, 4.69) is 15.2 Å². The van der Waals surface area contributed by atoms with Crippen LogP contribution in [0.2, 0.25) is 0 Å². The Morgan fingerprint density at radius 3 is 2.57 bits per heavy atom. The smallest absolute Gasteiger partial charge is 0.249 e. The first kappa shape index (κ1) is 26.8.